The highest BCUT2D eigenvalue weighted by molar-refractivity contribution is 9.10. The minimum atomic E-state index is -0.693. The number of carbonyl (C=O) groups excluding carboxylic acids is 2. The Morgan fingerprint density at radius 1 is 0.920 bits per heavy atom. The van der Waals surface area contributed by atoms with Crippen molar-refractivity contribution in [2.45, 2.75) is 0 Å². The Bertz CT molecular complexity index is 787. The summed E-state index contributed by atoms with van der Waals surface area (Å²) in [6, 6.07) is 9.81. The largest absolute Gasteiger partial charge is 0.496 e. The van der Waals surface area contributed by atoms with Crippen molar-refractivity contribution in [2.24, 2.45) is 0 Å². The second-order valence-corrected chi connectivity index (χ2v) is 5.83. The molecule has 2 aromatic rings. The number of hydrogen-bond donors (Lipinski definition) is 0. The van der Waals surface area contributed by atoms with Crippen LogP contribution in [0.5, 0.6) is 17.2 Å². The van der Waals surface area contributed by atoms with Crippen LogP contribution in [0.4, 0.5) is 0 Å². The molecule has 6 nitrogen and oxygen atoms in total. The lowest BCUT2D eigenvalue weighted by Crippen LogP contribution is -2.15. The van der Waals surface area contributed by atoms with E-state index in [1.807, 2.05) is 0 Å². The van der Waals surface area contributed by atoms with Crippen LogP contribution in [0.3, 0.4) is 0 Å². The molecule has 0 aliphatic rings. The van der Waals surface area contributed by atoms with E-state index in [0.717, 1.165) is 4.47 Å². The second-order valence-electron chi connectivity index (χ2n) is 4.92. The molecular formula is C18H17BrO6. The maximum atomic E-state index is 12.3. The molecule has 0 aromatic heterocycles. The van der Waals surface area contributed by atoms with Crippen molar-refractivity contribution in [2.75, 3.05) is 27.9 Å². The number of ether oxygens (including phenoxy) is 4. The zero-order valence-electron chi connectivity index (χ0n) is 14.0. The fraction of sp³-hybridized carbons (Fsp3) is 0.222. The summed E-state index contributed by atoms with van der Waals surface area (Å²) in [6.07, 6.45) is 0. The highest BCUT2D eigenvalue weighted by Crippen LogP contribution is 2.34. The number of Topliss-reactive ketones (excluding diaryl/α,β-unsaturated/α-hetero) is 1. The maximum absolute atomic E-state index is 12.3. The van der Waals surface area contributed by atoms with Crippen molar-refractivity contribution >= 4 is 27.7 Å². The lowest BCUT2D eigenvalue weighted by Gasteiger charge is -2.13. The van der Waals surface area contributed by atoms with Crippen LogP contribution in [-0.2, 0) is 4.74 Å². The van der Waals surface area contributed by atoms with Gasteiger partial charge in [0.1, 0.15) is 11.3 Å². The first-order chi connectivity index (χ1) is 12.0. The first-order valence-electron chi connectivity index (χ1n) is 7.26. The Morgan fingerprint density at radius 3 is 2.16 bits per heavy atom. The standard InChI is InChI=1S/C18H17BrO6/c1-22-15-9-17(24-3)16(23-2)8-13(15)18(21)25-10-14(20)11-5-4-6-12(19)7-11/h4-9H,10H2,1-3H3. The molecule has 132 valence electrons. The van der Waals surface area contributed by atoms with Gasteiger partial charge in [-0.3, -0.25) is 4.79 Å². The molecule has 0 N–H and O–H groups in total. The van der Waals surface area contributed by atoms with E-state index >= 15 is 0 Å². The first kappa shape index (κ1) is 18.8. The molecule has 0 spiro atoms. The highest BCUT2D eigenvalue weighted by atomic mass is 79.9. The molecule has 7 heteroatoms. The molecule has 0 atom stereocenters. The van der Waals surface area contributed by atoms with Gasteiger partial charge in [-0.1, -0.05) is 28.1 Å². The SMILES string of the molecule is COc1cc(OC)c(C(=O)OCC(=O)c2cccc(Br)c2)cc1OC. The number of halogens is 1. The van der Waals surface area contributed by atoms with Crippen LogP contribution >= 0.6 is 15.9 Å². The van der Waals surface area contributed by atoms with Gasteiger partial charge in [0, 0.05) is 22.2 Å². The molecule has 0 heterocycles. The molecule has 0 saturated carbocycles. The van der Waals surface area contributed by atoms with Crippen LogP contribution < -0.4 is 14.2 Å². The summed E-state index contributed by atoms with van der Waals surface area (Å²) in [4.78, 5) is 24.5. The molecule has 0 saturated heterocycles. The summed E-state index contributed by atoms with van der Waals surface area (Å²) in [5, 5.41) is 0. The molecule has 0 amide bonds. The van der Waals surface area contributed by atoms with Gasteiger partial charge in [0.2, 0.25) is 0 Å². The Morgan fingerprint density at radius 2 is 1.56 bits per heavy atom. The van der Waals surface area contributed by atoms with E-state index in [9.17, 15) is 9.59 Å². The summed E-state index contributed by atoms with van der Waals surface area (Å²) in [5.41, 5.74) is 0.587. The van der Waals surface area contributed by atoms with Gasteiger partial charge in [-0.15, -0.1) is 0 Å². The van der Waals surface area contributed by atoms with Crippen molar-refractivity contribution < 1.29 is 28.5 Å². The highest BCUT2D eigenvalue weighted by Gasteiger charge is 2.20. The number of benzene rings is 2. The number of carbonyl (C=O) groups is 2. The zero-order chi connectivity index (χ0) is 18.4. The van der Waals surface area contributed by atoms with Gasteiger partial charge in [0.05, 0.1) is 21.3 Å². The van der Waals surface area contributed by atoms with Crippen molar-refractivity contribution in [3.63, 3.8) is 0 Å². The predicted molar refractivity (Wildman–Crippen MR) is 94.9 cm³/mol. The third-order valence-electron chi connectivity index (χ3n) is 3.41. The summed E-state index contributed by atoms with van der Waals surface area (Å²) >= 11 is 3.29. The van der Waals surface area contributed by atoms with Crippen LogP contribution in [0.15, 0.2) is 40.9 Å². The minimum Gasteiger partial charge on any atom is -0.496 e. The van der Waals surface area contributed by atoms with Crippen LogP contribution in [0.1, 0.15) is 20.7 Å². The number of hydrogen-bond acceptors (Lipinski definition) is 6. The predicted octanol–water partition coefficient (Wildman–Crippen LogP) is 3.51. The summed E-state index contributed by atoms with van der Waals surface area (Å²) < 4.78 is 21.4. The number of esters is 1. The third kappa shape index (κ3) is 4.51. The Labute approximate surface area is 153 Å². The number of ketones is 1. The zero-order valence-corrected chi connectivity index (χ0v) is 15.6. The Hall–Kier alpha value is -2.54. The van der Waals surface area contributed by atoms with E-state index in [1.54, 1.807) is 24.3 Å². The van der Waals surface area contributed by atoms with Crippen molar-refractivity contribution in [3.8, 4) is 17.2 Å². The second kappa shape index (κ2) is 8.53. The van der Waals surface area contributed by atoms with E-state index in [2.05, 4.69) is 15.9 Å². The Kier molecular flexibility index (Phi) is 6.41. The lowest BCUT2D eigenvalue weighted by atomic mass is 10.1. The van der Waals surface area contributed by atoms with Crippen molar-refractivity contribution in [1.29, 1.82) is 0 Å². The van der Waals surface area contributed by atoms with E-state index < -0.39 is 5.97 Å². The fourth-order valence-corrected chi connectivity index (χ4v) is 2.54. The quantitative estimate of drug-likeness (QED) is 0.515. The van der Waals surface area contributed by atoms with Gasteiger partial charge >= 0.3 is 5.97 Å². The molecule has 2 aromatic carbocycles. The van der Waals surface area contributed by atoms with Gasteiger partial charge in [-0.05, 0) is 12.1 Å². The van der Waals surface area contributed by atoms with Crippen LogP contribution in [-0.4, -0.2) is 39.7 Å². The molecule has 0 radical (unpaired) electrons. The van der Waals surface area contributed by atoms with Gasteiger partial charge in [0.25, 0.3) is 0 Å². The molecule has 0 aliphatic carbocycles. The van der Waals surface area contributed by atoms with E-state index in [4.69, 9.17) is 18.9 Å². The lowest BCUT2D eigenvalue weighted by molar-refractivity contribution is 0.0471. The third-order valence-corrected chi connectivity index (χ3v) is 3.90. The molecule has 0 fully saturated rings. The molecule has 0 aliphatic heterocycles. The molecule has 0 unspecified atom stereocenters. The maximum Gasteiger partial charge on any atom is 0.342 e. The van der Waals surface area contributed by atoms with E-state index in [0.29, 0.717) is 17.1 Å². The fourth-order valence-electron chi connectivity index (χ4n) is 2.14. The van der Waals surface area contributed by atoms with Crippen LogP contribution in [0, 0.1) is 0 Å². The average Bonchev–Trinajstić information content (AvgIpc) is 2.64. The molecule has 0 bridgehead atoms. The topological polar surface area (TPSA) is 71.1 Å². The Balaban J connectivity index is 2.16. The molecular weight excluding hydrogens is 392 g/mol. The van der Waals surface area contributed by atoms with Crippen LogP contribution in [0.25, 0.3) is 0 Å². The van der Waals surface area contributed by atoms with Gasteiger partial charge < -0.3 is 18.9 Å². The number of methoxy groups -OCH3 is 3. The first-order valence-corrected chi connectivity index (χ1v) is 8.05. The van der Waals surface area contributed by atoms with Gasteiger partial charge in [-0.2, -0.15) is 0 Å². The van der Waals surface area contributed by atoms with Crippen LogP contribution in [0.2, 0.25) is 0 Å². The average molecular weight is 409 g/mol. The summed E-state index contributed by atoms with van der Waals surface area (Å²) in [7, 11) is 4.35. The smallest absolute Gasteiger partial charge is 0.342 e. The minimum absolute atomic E-state index is 0.141. The van der Waals surface area contributed by atoms with Gasteiger partial charge in [-0.25, -0.2) is 4.79 Å². The van der Waals surface area contributed by atoms with E-state index in [-0.39, 0.29) is 23.7 Å². The summed E-state index contributed by atoms with van der Waals surface area (Å²) in [5.74, 6) is 0.0301. The molecule has 25 heavy (non-hydrogen) atoms. The normalized spacial score (nSPS) is 10.1. The summed E-state index contributed by atoms with van der Waals surface area (Å²) in [6.45, 7) is -0.382. The molecule has 2 rings (SSSR count). The van der Waals surface area contributed by atoms with E-state index in [1.165, 1.54) is 33.5 Å². The van der Waals surface area contributed by atoms with Crippen molar-refractivity contribution in [1.82, 2.24) is 0 Å². The number of rotatable bonds is 7. The van der Waals surface area contributed by atoms with Gasteiger partial charge in [0.15, 0.2) is 23.9 Å². The monoisotopic (exact) mass is 408 g/mol. The van der Waals surface area contributed by atoms with Crippen molar-refractivity contribution in [3.05, 3.63) is 52.0 Å².